The number of halogens is 1. The van der Waals surface area contributed by atoms with Crippen molar-refractivity contribution in [1.82, 2.24) is 20.1 Å². The first kappa shape index (κ1) is 25.1. The minimum absolute atomic E-state index is 0.0134. The molecule has 1 N–H and O–H groups in total. The molecule has 1 unspecified atom stereocenters. The van der Waals surface area contributed by atoms with Gasteiger partial charge in [0.25, 0.3) is 5.91 Å². The largest absolute Gasteiger partial charge is 0.481 e. The molecule has 1 spiro atoms. The fourth-order valence-electron chi connectivity index (χ4n) is 4.65. The van der Waals surface area contributed by atoms with Crippen LogP contribution in [-0.4, -0.2) is 79.1 Å². The van der Waals surface area contributed by atoms with E-state index in [4.69, 9.17) is 21.1 Å². The van der Waals surface area contributed by atoms with Crippen LogP contribution in [0.5, 0.6) is 5.88 Å². The van der Waals surface area contributed by atoms with Crippen LogP contribution in [0.3, 0.4) is 0 Å². The number of methoxy groups -OCH3 is 2. The van der Waals surface area contributed by atoms with Gasteiger partial charge >= 0.3 is 12.0 Å². The van der Waals surface area contributed by atoms with Crippen molar-refractivity contribution in [2.24, 2.45) is 11.3 Å². The minimum Gasteiger partial charge on any atom is -0.481 e. The quantitative estimate of drug-likeness (QED) is 0.496. The highest BCUT2D eigenvalue weighted by molar-refractivity contribution is 6.29. The number of likely N-dealkylation sites (tertiary alicyclic amines) is 2. The number of carbonyl (C=O) groups excluding carboxylic acids is 3. The Morgan fingerprint density at radius 1 is 1.12 bits per heavy atom. The summed E-state index contributed by atoms with van der Waals surface area (Å²) >= 11 is 6.01. The van der Waals surface area contributed by atoms with E-state index >= 15 is 0 Å². The summed E-state index contributed by atoms with van der Waals surface area (Å²) < 4.78 is 9.96. The van der Waals surface area contributed by atoms with E-state index in [9.17, 15) is 14.4 Å². The standard InChI is InChI=1S/C23H33ClN4O5/c1-15(2)11-17(21(30)33-4)25-22(31)28-10-7-23(14-28)5-8-27(9-6-23)20(29)16-12-18(24)26-19(13-16)32-3/h12-13,15,17H,5-11,14H2,1-4H3,(H,25,31). The third-order valence-electron chi connectivity index (χ3n) is 6.55. The Hall–Kier alpha value is -2.55. The van der Waals surface area contributed by atoms with Gasteiger partial charge in [0.2, 0.25) is 5.88 Å². The number of pyridine rings is 1. The molecule has 1 atom stereocenters. The van der Waals surface area contributed by atoms with Crippen LogP contribution in [0, 0.1) is 11.3 Å². The molecule has 2 aliphatic rings. The van der Waals surface area contributed by atoms with Gasteiger partial charge in [0.15, 0.2) is 0 Å². The van der Waals surface area contributed by atoms with E-state index in [-0.39, 0.29) is 28.4 Å². The van der Waals surface area contributed by atoms with E-state index in [1.165, 1.54) is 14.2 Å². The lowest BCUT2D eigenvalue weighted by Gasteiger charge is -2.39. The van der Waals surface area contributed by atoms with Gasteiger partial charge < -0.3 is 24.6 Å². The molecule has 1 aromatic rings. The Bertz CT molecular complexity index is 886. The molecule has 0 saturated carbocycles. The summed E-state index contributed by atoms with van der Waals surface area (Å²) in [4.78, 5) is 45.5. The maximum absolute atomic E-state index is 13.0. The molecule has 1 aromatic heterocycles. The number of nitrogens with one attached hydrogen (secondary N) is 1. The third-order valence-corrected chi connectivity index (χ3v) is 6.75. The average Bonchev–Trinajstić information content (AvgIpc) is 3.21. The number of piperidine rings is 1. The van der Waals surface area contributed by atoms with Gasteiger partial charge in [0, 0.05) is 37.8 Å². The molecule has 3 rings (SSSR count). The Morgan fingerprint density at radius 2 is 1.76 bits per heavy atom. The number of aromatic nitrogens is 1. The maximum atomic E-state index is 13.0. The molecular weight excluding hydrogens is 448 g/mol. The second-order valence-electron chi connectivity index (χ2n) is 9.34. The number of nitrogens with zero attached hydrogens (tertiary/aromatic N) is 3. The number of hydrogen-bond donors (Lipinski definition) is 1. The van der Waals surface area contributed by atoms with Gasteiger partial charge in [-0.1, -0.05) is 25.4 Å². The summed E-state index contributed by atoms with van der Waals surface area (Å²) in [5.74, 6) is 0.0243. The molecule has 0 radical (unpaired) electrons. The Labute approximate surface area is 199 Å². The molecule has 0 aromatic carbocycles. The zero-order valence-corrected chi connectivity index (χ0v) is 20.5. The molecule has 0 bridgehead atoms. The zero-order valence-electron chi connectivity index (χ0n) is 19.7. The van der Waals surface area contributed by atoms with E-state index in [2.05, 4.69) is 10.3 Å². The van der Waals surface area contributed by atoms with Gasteiger partial charge in [-0.25, -0.2) is 14.6 Å². The molecule has 2 aliphatic heterocycles. The van der Waals surface area contributed by atoms with Crippen LogP contribution in [0.15, 0.2) is 12.1 Å². The monoisotopic (exact) mass is 480 g/mol. The van der Waals surface area contributed by atoms with Gasteiger partial charge in [-0.15, -0.1) is 0 Å². The fourth-order valence-corrected chi connectivity index (χ4v) is 4.85. The van der Waals surface area contributed by atoms with E-state index in [0.717, 1.165) is 19.3 Å². The van der Waals surface area contributed by atoms with Crippen molar-refractivity contribution in [3.05, 3.63) is 22.8 Å². The molecule has 182 valence electrons. The van der Waals surface area contributed by atoms with Crippen LogP contribution in [0.4, 0.5) is 4.79 Å². The van der Waals surface area contributed by atoms with Crippen LogP contribution in [0.2, 0.25) is 5.15 Å². The second-order valence-corrected chi connectivity index (χ2v) is 9.73. The lowest BCUT2D eigenvalue weighted by atomic mass is 9.77. The summed E-state index contributed by atoms with van der Waals surface area (Å²) in [6, 6.07) is 2.25. The Kier molecular flexibility index (Phi) is 8.05. The van der Waals surface area contributed by atoms with Crippen molar-refractivity contribution < 1.29 is 23.9 Å². The van der Waals surface area contributed by atoms with Crippen molar-refractivity contribution in [3.63, 3.8) is 0 Å². The minimum atomic E-state index is -0.650. The maximum Gasteiger partial charge on any atom is 0.328 e. The lowest BCUT2D eigenvalue weighted by Crippen LogP contribution is -2.49. The average molecular weight is 481 g/mol. The molecule has 10 heteroatoms. The van der Waals surface area contributed by atoms with Crippen LogP contribution in [0.25, 0.3) is 0 Å². The molecule has 2 fully saturated rings. The van der Waals surface area contributed by atoms with Crippen LogP contribution in [-0.2, 0) is 9.53 Å². The second kappa shape index (κ2) is 10.6. The van der Waals surface area contributed by atoms with Crippen molar-refractivity contribution in [3.8, 4) is 5.88 Å². The third kappa shape index (κ3) is 6.07. The molecule has 3 amide bonds. The van der Waals surface area contributed by atoms with Gasteiger partial charge in [-0.3, -0.25) is 4.79 Å². The molecule has 2 saturated heterocycles. The summed E-state index contributed by atoms with van der Waals surface area (Å²) in [6.07, 6.45) is 3.03. The van der Waals surface area contributed by atoms with Gasteiger partial charge in [0.05, 0.1) is 14.2 Å². The predicted molar refractivity (Wildman–Crippen MR) is 123 cm³/mol. The zero-order chi connectivity index (χ0) is 24.2. The highest BCUT2D eigenvalue weighted by atomic mass is 35.5. The van der Waals surface area contributed by atoms with Crippen molar-refractivity contribution >= 4 is 29.5 Å². The summed E-state index contributed by atoms with van der Waals surface area (Å²) in [7, 11) is 2.81. The molecule has 0 aliphatic carbocycles. The normalized spacial score (nSPS) is 18.4. The number of esters is 1. The van der Waals surface area contributed by atoms with Gasteiger partial charge in [-0.05, 0) is 43.1 Å². The molecular formula is C23H33ClN4O5. The molecule has 33 heavy (non-hydrogen) atoms. The number of rotatable bonds is 6. The summed E-state index contributed by atoms with van der Waals surface area (Å²) in [6.45, 7) is 6.46. The number of hydrogen-bond acceptors (Lipinski definition) is 6. The SMILES string of the molecule is COC(=O)C(CC(C)C)NC(=O)N1CCC2(CCN(C(=O)c3cc(Cl)nc(OC)c3)CC2)C1. The van der Waals surface area contributed by atoms with Crippen LogP contribution >= 0.6 is 11.6 Å². The summed E-state index contributed by atoms with van der Waals surface area (Å²) in [5.41, 5.74) is 0.440. The van der Waals surface area contributed by atoms with E-state index < -0.39 is 12.0 Å². The van der Waals surface area contributed by atoms with Gasteiger partial charge in [-0.2, -0.15) is 0 Å². The lowest BCUT2D eigenvalue weighted by molar-refractivity contribution is -0.143. The smallest absolute Gasteiger partial charge is 0.328 e. The van der Waals surface area contributed by atoms with E-state index in [1.54, 1.807) is 17.0 Å². The summed E-state index contributed by atoms with van der Waals surface area (Å²) in [5, 5.41) is 3.06. The molecule has 3 heterocycles. The first-order chi connectivity index (χ1) is 15.7. The number of ether oxygens (including phenoxy) is 2. The van der Waals surface area contributed by atoms with Crippen LogP contribution < -0.4 is 10.1 Å². The predicted octanol–water partition coefficient (Wildman–Crippen LogP) is 2.97. The number of urea groups is 1. The van der Waals surface area contributed by atoms with Gasteiger partial charge in [0.1, 0.15) is 11.2 Å². The van der Waals surface area contributed by atoms with Crippen molar-refractivity contribution in [2.75, 3.05) is 40.4 Å². The van der Waals surface area contributed by atoms with Crippen LogP contribution in [0.1, 0.15) is 49.9 Å². The first-order valence-corrected chi connectivity index (χ1v) is 11.7. The first-order valence-electron chi connectivity index (χ1n) is 11.3. The van der Waals surface area contributed by atoms with E-state index in [1.807, 2.05) is 18.7 Å². The topological polar surface area (TPSA) is 101 Å². The number of carbonyl (C=O) groups is 3. The van der Waals surface area contributed by atoms with E-state index in [0.29, 0.717) is 44.0 Å². The fraction of sp³-hybridized carbons (Fsp3) is 0.652. The Balaban J connectivity index is 1.57. The van der Waals surface area contributed by atoms with Crippen molar-refractivity contribution in [1.29, 1.82) is 0 Å². The Morgan fingerprint density at radius 3 is 2.33 bits per heavy atom. The number of amides is 3. The highest BCUT2D eigenvalue weighted by Crippen LogP contribution is 2.40. The molecule has 9 nitrogen and oxygen atoms in total. The van der Waals surface area contributed by atoms with Crippen molar-refractivity contribution in [2.45, 2.75) is 45.6 Å². The highest BCUT2D eigenvalue weighted by Gasteiger charge is 2.43.